The average Bonchev–Trinajstić information content (AvgIpc) is 2.73. The van der Waals surface area contributed by atoms with Gasteiger partial charge in [0.25, 0.3) is 0 Å². The van der Waals surface area contributed by atoms with Crippen molar-refractivity contribution >= 4 is 42.6 Å². The van der Waals surface area contributed by atoms with Crippen LogP contribution in [0.4, 0.5) is 0 Å². The highest BCUT2D eigenvalue weighted by Crippen LogP contribution is 2.27. The average molecular weight is 519 g/mol. The van der Waals surface area contributed by atoms with E-state index in [4.69, 9.17) is 4.74 Å². The van der Waals surface area contributed by atoms with Gasteiger partial charge in [0.15, 0.2) is 0 Å². The van der Waals surface area contributed by atoms with Crippen molar-refractivity contribution in [2.24, 2.45) is 0 Å². The number of aliphatic hydroxyl groups is 1. The molecule has 0 aromatic heterocycles. The molecule has 0 bridgehead atoms. The smallest absolute Gasteiger partial charge is 0.120 e. The van der Waals surface area contributed by atoms with Gasteiger partial charge in [0.2, 0.25) is 0 Å². The third-order valence-electron chi connectivity index (χ3n) is 5.58. The molecule has 3 aromatic carbocycles. The number of halogens is 2. The molecule has 4 rings (SSSR count). The fourth-order valence-corrected chi connectivity index (χ4v) is 4.51. The molecule has 0 amide bonds. The first-order chi connectivity index (χ1) is 14.1. The van der Waals surface area contributed by atoms with Gasteiger partial charge in [-0.2, -0.15) is 0 Å². The third-order valence-corrected chi connectivity index (χ3v) is 6.61. The van der Waals surface area contributed by atoms with Crippen molar-refractivity contribution in [2.45, 2.75) is 31.5 Å². The number of fused-ring (bicyclic) bond motifs is 1. The summed E-state index contributed by atoms with van der Waals surface area (Å²) >= 11 is 6.96. The molecule has 0 radical (unpaired) electrons. The number of aliphatic hydroxyl groups excluding tert-OH is 1. The van der Waals surface area contributed by atoms with Crippen LogP contribution in [0.1, 0.15) is 30.9 Å². The summed E-state index contributed by atoms with van der Waals surface area (Å²) in [6.45, 7) is 2.94. The summed E-state index contributed by atoms with van der Waals surface area (Å²) in [4.78, 5) is 2.43. The second-order valence-electron chi connectivity index (χ2n) is 7.67. The second-order valence-corrected chi connectivity index (χ2v) is 9.50. The molecule has 3 nitrogen and oxygen atoms in total. The molecule has 1 aliphatic rings. The SMILES string of the molecule is OC(CCN1CCC(Oc2ccc3cc(Br)ccc3c2)CC1)c1ccc(Br)cc1. The van der Waals surface area contributed by atoms with Crippen LogP contribution in [0, 0.1) is 0 Å². The number of hydrogen-bond acceptors (Lipinski definition) is 3. The van der Waals surface area contributed by atoms with Crippen molar-refractivity contribution in [3.05, 3.63) is 75.2 Å². The minimum absolute atomic E-state index is 0.260. The molecule has 29 heavy (non-hydrogen) atoms. The van der Waals surface area contributed by atoms with Crippen molar-refractivity contribution < 1.29 is 9.84 Å². The highest BCUT2D eigenvalue weighted by Gasteiger charge is 2.21. The molecule has 3 aromatic rings. The maximum absolute atomic E-state index is 10.4. The number of benzene rings is 3. The predicted molar refractivity (Wildman–Crippen MR) is 125 cm³/mol. The number of ether oxygens (including phenoxy) is 1. The molecule has 1 aliphatic heterocycles. The first-order valence-electron chi connectivity index (χ1n) is 10.1. The molecular formula is C24H25Br2NO2. The van der Waals surface area contributed by atoms with Gasteiger partial charge in [-0.25, -0.2) is 0 Å². The van der Waals surface area contributed by atoms with E-state index in [1.807, 2.05) is 24.3 Å². The molecule has 1 N–H and O–H groups in total. The standard InChI is InChI=1S/C24H25Br2NO2/c25-20-5-1-17(2-6-20)24(28)11-14-27-12-9-22(10-13-27)29-23-8-4-18-15-21(26)7-3-19(18)16-23/h1-8,15-16,22,24,28H,9-14H2. The van der Waals surface area contributed by atoms with Gasteiger partial charge >= 0.3 is 0 Å². The first kappa shape index (κ1) is 20.9. The molecule has 1 unspecified atom stereocenters. The molecule has 1 atom stereocenters. The molecule has 0 spiro atoms. The van der Waals surface area contributed by atoms with E-state index in [0.29, 0.717) is 0 Å². The van der Waals surface area contributed by atoms with Gasteiger partial charge in [0.1, 0.15) is 11.9 Å². The Kier molecular flexibility index (Phi) is 6.91. The zero-order valence-electron chi connectivity index (χ0n) is 16.2. The maximum atomic E-state index is 10.4. The van der Waals surface area contributed by atoms with Gasteiger partial charge in [-0.3, -0.25) is 0 Å². The van der Waals surface area contributed by atoms with E-state index in [-0.39, 0.29) is 6.10 Å². The summed E-state index contributed by atoms with van der Waals surface area (Å²) < 4.78 is 8.39. The van der Waals surface area contributed by atoms with Crippen LogP contribution >= 0.6 is 31.9 Å². The summed E-state index contributed by atoms with van der Waals surface area (Å²) in [5.74, 6) is 0.948. The lowest BCUT2D eigenvalue weighted by Crippen LogP contribution is -2.39. The van der Waals surface area contributed by atoms with Crippen LogP contribution in [0.2, 0.25) is 0 Å². The Bertz CT molecular complexity index is 953. The molecular weight excluding hydrogens is 494 g/mol. The third kappa shape index (κ3) is 5.60. The second kappa shape index (κ2) is 9.61. The largest absolute Gasteiger partial charge is 0.490 e. The minimum Gasteiger partial charge on any atom is -0.490 e. The summed E-state index contributed by atoms with van der Waals surface area (Å²) in [6.07, 6.45) is 2.65. The zero-order valence-corrected chi connectivity index (χ0v) is 19.4. The Morgan fingerprint density at radius 2 is 1.55 bits per heavy atom. The Hall–Kier alpha value is -1.40. The number of nitrogens with zero attached hydrogens (tertiary/aromatic N) is 1. The van der Waals surface area contributed by atoms with Crippen molar-refractivity contribution in [3.8, 4) is 5.75 Å². The first-order valence-corrected chi connectivity index (χ1v) is 11.7. The van der Waals surface area contributed by atoms with E-state index in [9.17, 15) is 5.11 Å². The van der Waals surface area contributed by atoms with Gasteiger partial charge < -0.3 is 14.7 Å². The molecule has 0 saturated carbocycles. The van der Waals surface area contributed by atoms with Gasteiger partial charge in [-0.05, 0) is 72.0 Å². The van der Waals surface area contributed by atoms with Crippen LogP contribution in [-0.2, 0) is 0 Å². The summed E-state index contributed by atoms with van der Waals surface area (Å²) in [5, 5.41) is 12.8. The Labute approximate surface area is 188 Å². The predicted octanol–water partition coefficient (Wildman–Crippen LogP) is 6.33. The normalized spacial score (nSPS) is 16.8. The Morgan fingerprint density at radius 3 is 2.31 bits per heavy atom. The van der Waals surface area contributed by atoms with Crippen LogP contribution in [-0.4, -0.2) is 35.7 Å². The van der Waals surface area contributed by atoms with Crippen molar-refractivity contribution in [2.75, 3.05) is 19.6 Å². The molecule has 1 saturated heterocycles. The summed E-state index contributed by atoms with van der Waals surface area (Å²) in [5.41, 5.74) is 0.981. The number of likely N-dealkylation sites (tertiary alicyclic amines) is 1. The molecule has 0 aliphatic carbocycles. The number of rotatable bonds is 6. The topological polar surface area (TPSA) is 32.7 Å². The lowest BCUT2D eigenvalue weighted by atomic mass is 10.0. The van der Waals surface area contributed by atoms with E-state index in [1.165, 1.54) is 10.8 Å². The summed E-state index contributed by atoms with van der Waals surface area (Å²) in [6, 6.07) is 20.5. The number of piperidine rings is 1. The fraction of sp³-hybridized carbons (Fsp3) is 0.333. The monoisotopic (exact) mass is 517 g/mol. The van der Waals surface area contributed by atoms with E-state index in [1.54, 1.807) is 0 Å². The van der Waals surface area contributed by atoms with E-state index in [2.05, 4.69) is 73.2 Å². The minimum atomic E-state index is -0.408. The maximum Gasteiger partial charge on any atom is 0.120 e. The van der Waals surface area contributed by atoms with Gasteiger partial charge in [-0.15, -0.1) is 0 Å². The van der Waals surface area contributed by atoms with Crippen molar-refractivity contribution in [3.63, 3.8) is 0 Å². The fourth-order valence-electron chi connectivity index (χ4n) is 3.87. The lowest BCUT2D eigenvalue weighted by Gasteiger charge is -2.32. The van der Waals surface area contributed by atoms with Crippen molar-refractivity contribution in [1.82, 2.24) is 4.90 Å². The number of hydrogen-bond donors (Lipinski definition) is 1. The molecule has 152 valence electrons. The van der Waals surface area contributed by atoms with Crippen LogP contribution in [0.5, 0.6) is 5.75 Å². The van der Waals surface area contributed by atoms with Crippen molar-refractivity contribution in [1.29, 1.82) is 0 Å². The van der Waals surface area contributed by atoms with Gasteiger partial charge in [0, 0.05) is 28.6 Å². The van der Waals surface area contributed by atoms with Gasteiger partial charge in [0.05, 0.1) is 6.10 Å². The highest BCUT2D eigenvalue weighted by atomic mass is 79.9. The van der Waals surface area contributed by atoms with Crippen LogP contribution in [0.25, 0.3) is 10.8 Å². The van der Waals surface area contributed by atoms with Crippen LogP contribution in [0.15, 0.2) is 69.6 Å². The highest BCUT2D eigenvalue weighted by molar-refractivity contribution is 9.10. The van der Waals surface area contributed by atoms with Crippen LogP contribution < -0.4 is 4.74 Å². The summed E-state index contributed by atoms with van der Waals surface area (Å²) in [7, 11) is 0. The molecule has 1 heterocycles. The van der Waals surface area contributed by atoms with E-state index < -0.39 is 6.10 Å². The van der Waals surface area contributed by atoms with E-state index in [0.717, 1.165) is 59.2 Å². The lowest BCUT2D eigenvalue weighted by molar-refractivity contribution is 0.0848. The molecule has 1 fully saturated rings. The van der Waals surface area contributed by atoms with Gasteiger partial charge in [-0.1, -0.05) is 56.1 Å². The zero-order chi connectivity index (χ0) is 20.2. The van der Waals surface area contributed by atoms with Crippen LogP contribution in [0.3, 0.4) is 0 Å². The quantitative estimate of drug-likeness (QED) is 0.413. The Balaban J connectivity index is 1.25. The Morgan fingerprint density at radius 1 is 0.897 bits per heavy atom. The van der Waals surface area contributed by atoms with E-state index >= 15 is 0 Å². The molecule has 5 heteroatoms.